The van der Waals surface area contributed by atoms with Crippen LogP contribution in [0.3, 0.4) is 0 Å². The maximum absolute atomic E-state index is 6.21. The highest BCUT2D eigenvalue weighted by molar-refractivity contribution is 5.21. The average Bonchev–Trinajstić information content (AvgIpc) is 3.02. The van der Waals surface area contributed by atoms with Crippen LogP contribution in [0.25, 0.3) is 0 Å². The molecule has 1 atom stereocenters. The number of likely N-dealkylation sites (tertiary alicyclic amines) is 1. The van der Waals surface area contributed by atoms with Crippen LogP contribution in [0.5, 0.6) is 5.75 Å². The van der Waals surface area contributed by atoms with Crippen molar-refractivity contribution in [1.82, 2.24) is 9.88 Å². The molecule has 2 saturated heterocycles. The molecule has 3 heterocycles. The van der Waals surface area contributed by atoms with Crippen molar-refractivity contribution < 1.29 is 9.47 Å². The normalized spacial score (nSPS) is 23.0. The lowest BCUT2D eigenvalue weighted by atomic mass is 9.88. The molecule has 2 aliphatic heterocycles. The molecule has 4 rings (SSSR count). The third-order valence-corrected chi connectivity index (χ3v) is 5.41. The summed E-state index contributed by atoms with van der Waals surface area (Å²) in [5.74, 6) is 0.838. The molecule has 2 aromatic rings. The van der Waals surface area contributed by atoms with Gasteiger partial charge in [-0.05, 0) is 37.5 Å². The molecule has 0 radical (unpaired) electrons. The minimum Gasteiger partial charge on any atom is -0.486 e. The summed E-state index contributed by atoms with van der Waals surface area (Å²) in [7, 11) is 0. The first kappa shape index (κ1) is 16.6. The van der Waals surface area contributed by atoms with Crippen LogP contribution in [0.15, 0.2) is 48.8 Å². The van der Waals surface area contributed by atoms with E-state index in [2.05, 4.69) is 41.1 Å². The molecule has 0 saturated carbocycles. The SMILES string of the molecule is Cc1ccc(CN2CCC3(CC2)C[C@@H](Oc2cccnc2)CO3)cc1. The molecule has 25 heavy (non-hydrogen) atoms. The zero-order valence-electron chi connectivity index (χ0n) is 14.9. The number of rotatable bonds is 4. The highest BCUT2D eigenvalue weighted by atomic mass is 16.6. The third-order valence-electron chi connectivity index (χ3n) is 5.41. The van der Waals surface area contributed by atoms with E-state index >= 15 is 0 Å². The van der Waals surface area contributed by atoms with E-state index in [1.807, 2.05) is 12.1 Å². The maximum atomic E-state index is 6.21. The van der Waals surface area contributed by atoms with Crippen LogP contribution in [-0.4, -0.2) is 41.3 Å². The van der Waals surface area contributed by atoms with Gasteiger partial charge >= 0.3 is 0 Å². The summed E-state index contributed by atoms with van der Waals surface area (Å²) in [6.07, 6.45) is 6.85. The van der Waals surface area contributed by atoms with E-state index in [1.54, 1.807) is 12.4 Å². The van der Waals surface area contributed by atoms with Crippen LogP contribution < -0.4 is 4.74 Å². The Bertz CT molecular complexity index is 679. The molecule has 0 bridgehead atoms. The topological polar surface area (TPSA) is 34.6 Å². The number of piperidine rings is 1. The lowest BCUT2D eigenvalue weighted by Gasteiger charge is -2.38. The van der Waals surface area contributed by atoms with Crippen molar-refractivity contribution in [3.63, 3.8) is 0 Å². The van der Waals surface area contributed by atoms with Gasteiger partial charge in [0.05, 0.1) is 18.4 Å². The van der Waals surface area contributed by atoms with Crippen molar-refractivity contribution in [3.8, 4) is 5.75 Å². The quantitative estimate of drug-likeness (QED) is 0.853. The van der Waals surface area contributed by atoms with Crippen LogP contribution in [0.1, 0.15) is 30.4 Å². The summed E-state index contributed by atoms with van der Waals surface area (Å²) >= 11 is 0. The summed E-state index contributed by atoms with van der Waals surface area (Å²) in [5.41, 5.74) is 2.73. The zero-order chi connectivity index (χ0) is 17.1. The van der Waals surface area contributed by atoms with Crippen LogP contribution in [0.4, 0.5) is 0 Å². The zero-order valence-corrected chi connectivity index (χ0v) is 14.9. The first-order valence-corrected chi connectivity index (χ1v) is 9.19. The molecule has 0 unspecified atom stereocenters. The number of aromatic nitrogens is 1. The molecule has 2 fully saturated rings. The van der Waals surface area contributed by atoms with Crippen molar-refractivity contribution in [1.29, 1.82) is 0 Å². The van der Waals surface area contributed by atoms with E-state index in [0.29, 0.717) is 6.61 Å². The second-order valence-corrected chi connectivity index (χ2v) is 7.39. The van der Waals surface area contributed by atoms with Crippen molar-refractivity contribution >= 4 is 0 Å². The number of ether oxygens (including phenoxy) is 2. The van der Waals surface area contributed by atoms with Gasteiger partial charge in [0, 0.05) is 32.3 Å². The van der Waals surface area contributed by atoms with Gasteiger partial charge < -0.3 is 9.47 Å². The summed E-state index contributed by atoms with van der Waals surface area (Å²) in [4.78, 5) is 6.65. The average molecular weight is 338 g/mol. The second kappa shape index (κ2) is 7.14. The molecule has 0 N–H and O–H groups in total. The fourth-order valence-electron chi connectivity index (χ4n) is 3.91. The molecule has 1 aromatic carbocycles. The van der Waals surface area contributed by atoms with Crippen molar-refractivity contribution in [2.45, 2.75) is 44.4 Å². The van der Waals surface area contributed by atoms with Gasteiger partial charge in [0.1, 0.15) is 11.9 Å². The van der Waals surface area contributed by atoms with E-state index < -0.39 is 0 Å². The number of aryl methyl sites for hydroxylation is 1. The van der Waals surface area contributed by atoms with Crippen LogP contribution >= 0.6 is 0 Å². The van der Waals surface area contributed by atoms with E-state index in [4.69, 9.17) is 9.47 Å². The molecular formula is C21H26N2O2. The predicted octanol–water partition coefficient (Wildman–Crippen LogP) is 3.59. The van der Waals surface area contributed by atoms with Gasteiger partial charge in [0.15, 0.2) is 0 Å². The predicted molar refractivity (Wildman–Crippen MR) is 97.6 cm³/mol. The molecule has 4 heteroatoms. The van der Waals surface area contributed by atoms with Crippen molar-refractivity contribution in [2.24, 2.45) is 0 Å². The van der Waals surface area contributed by atoms with Gasteiger partial charge in [-0.2, -0.15) is 0 Å². The number of hydrogen-bond acceptors (Lipinski definition) is 4. The summed E-state index contributed by atoms with van der Waals surface area (Å²) in [6, 6.07) is 12.7. The second-order valence-electron chi connectivity index (χ2n) is 7.39. The fourth-order valence-corrected chi connectivity index (χ4v) is 3.91. The van der Waals surface area contributed by atoms with Crippen LogP contribution in [0.2, 0.25) is 0 Å². The monoisotopic (exact) mass is 338 g/mol. The lowest BCUT2D eigenvalue weighted by Crippen LogP contribution is -2.44. The first-order chi connectivity index (χ1) is 12.2. The first-order valence-electron chi connectivity index (χ1n) is 9.19. The molecular weight excluding hydrogens is 312 g/mol. The fraction of sp³-hybridized carbons (Fsp3) is 0.476. The molecule has 1 aromatic heterocycles. The lowest BCUT2D eigenvalue weighted by molar-refractivity contribution is -0.0454. The van der Waals surface area contributed by atoms with Gasteiger partial charge in [-0.3, -0.25) is 9.88 Å². The Morgan fingerprint density at radius 2 is 2.00 bits per heavy atom. The minimum absolute atomic E-state index is 0.0106. The third kappa shape index (κ3) is 4.02. The molecule has 0 amide bonds. The summed E-state index contributed by atoms with van der Waals surface area (Å²) in [5, 5.41) is 0. The highest BCUT2D eigenvalue weighted by Gasteiger charge is 2.43. The maximum Gasteiger partial charge on any atom is 0.138 e. The Kier molecular flexibility index (Phi) is 4.73. The van der Waals surface area contributed by atoms with Crippen molar-refractivity contribution in [2.75, 3.05) is 19.7 Å². The number of nitrogens with zero attached hydrogens (tertiary/aromatic N) is 2. The molecule has 2 aliphatic rings. The van der Waals surface area contributed by atoms with Crippen LogP contribution in [0, 0.1) is 6.92 Å². The number of benzene rings is 1. The minimum atomic E-state index is 0.0106. The summed E-state index contributed by atoms with van der Waals surface area (Å²) < 4.78 is 12.2. The van der Waals surface area contributed by atoms with E-state index in [0.717, 1.165) is 44.6 Å². The largest absolute Gasteiger partial charge is 0.486 e. The molecule has 1 spiro atoms. The Labute approximate surface area is 149 Å². The van der Waals surface area contributed by atoms with Crippen LogP contribution in [-0.2, 0) is 11.3 Å². The summed E-state index contributed by atoms with van der Waals surface area (Å²) in [6.45, 7) is 6.04. The van der Waals surface area contributed by atoms with Gasteiger partial charge in [0.2, 0.25) is 0 Å². The van der Waals surface area contributed by atoms with E-state index in [-0.39, 0.29) is 11.7 Å². The van der Waals surface area contributed by atoms with Gasteiger partial charge in [0.25, 0.3) is 0 Å². The van der Waals surface area contributed by atoms with Gasteiger partial charge in [-0.15, -0.1) is 0 Å². The van der Waals surface area contributed by atoms with E-state index in [1.165, 1.54) is 11.1 Å². The highest BCUT2D eigenvalue weighted by Crippen LogP contribution is 2.37. The Morgan fingerprint density at radius 1 is 1.20 bits per heavy atom. The Balaban J connectivity index is 1.29. The Hall–Kier alpha value is -1.91. The molecule has 0 aliphatic carbocycles. The van der Waals surface area contributed by atoms with Gasteiger partial charge in [-0.25, -0.2) is 0 Å². The van der Waals surface area contributed by atoms with Crippen molar-refractivity contribution in [3.05, 3.63) is 59.9 Å². The Morgan fingerprint density at radius 3 is 2.72 bits per heavy atom. The molecule has 132 valence electrons. The smallest absolute Gasteiger partial charge is 0.138 e. The van der Waals surface area contributed by atoms with E-state index in [9.17, 15) is 0 Å². The molecule has 4 nitrogen and oxygen atoms in total. The standard InChI is InChI=1S/C21H26N2O2/c1-17-4-6-18(7-5-17)15-23-11-8-21(9-12-23)13-20(16-24-21)25-19-3-2-10-22-14-19/h2-7,10,14,20H,8-9,11-13,15-16H2,1H3/t20-/m1/s1. The number of pyridine rings is 1. The number of hydrogen-bond donors (Lipinski definition) is 0. The van der Waals surface area contributed by atoms with Gasteiger partial charge in [-0.1, -0.05) is 29.8 Å².